The Morgan fingerprint density at radius 2 is 2.04 bits per heavy atom. The van der Waals surface area contributed by atoms with Crippen molar-refractivity contribution >= 4 is 17.7 Å². The molecule has 1 unspecified atom stereocenters. The number of thioether (sulfide) groups is 1. The predicted octanol–water partition coefficient (Wildman–Crippen LogP) is 2.68. The monoisotopic (exact) mass is 394 g/mol. The Kier molecular flexibility index (Phi) is 8.23. The zero-order valence-electron chi connectivity index (χ0n) is 16.2. The number of halogens is 1. The third-order valence-electron chi connectivity index (χ3n) is 5.01. The van der Waals surface area contributed by atoms with Gasteiger partial charge in [0.15, 0.2) is 5.96 Å². The number of hydrogen-bond donors (Lipinski definition) is 1. The van der Waals surface area contributed by atoms with Crippen molar-refractivity contribution in [3.05, 3.63) is 30.1 Å². The van der Waals surface area contributed by atoms with Gasteiger partial charge in [-0.3, -0.25) is 9.89 Å². The van der Waals surface area contributed by atoms with E-state index in [0.717, 1.165) is 75.5 Å². The predicted molar refractivity (Wildman–Crippen MR) is 110 cm³/mol. The molecule has 1 aromatic rings. The van der Waals surface area contributed by atoms with Crippen molar-refractivity contribution in [1.82, 2.24) is 15.1 Å². The van der Waals surface area contributed by atoms with Crippen molar-refractivity contribution in [1.29, 1.82) is 0 Å². The summed E-state index contributed by atoms with van der Waals surface area (Å²) in [5.41, 5.74) is 0. The molecule has 0 spiro atoms. The van der Waals surface area contributed by atoms with Crippen LogP contribution in [0.1, 0.15) is 19.8 Å². The molecule has 0 aliphatic carbocycles. The Hall–Kier alpha value is -1.31. The average Bonchev–Trinajstić information content (AvgIpc) is 3.19. The van der Waals surface area contributed by atoms with Crippen LogP contribution in [0.15, 0.2) is 34.2 Å². The minimum Gasteiger partial charge on any atom is -0.379 e. The van der Waals surface area contributed by atoms with E-state index in [1.807, 2.05) is 12.1 Å². The van der Waals surface area contributed by atoms with Crippen LogP contribution in [-0.2, 0) is 4.74 Å². The molecule has 2 aliphatic rings. The molecular weight excluding hydrogens is 363 g/mol. The number of guanidine groups is 1. The van der Waals surface area contributed by atoms with E-state index in [1.54, 1.807) is 11.8 Å². The van der Waals surface area contributed by atoms with Crippen molar-refractivity contribution in [2.75, 3.05) is 58.2 Å². The van der Waals surface area contributed by atoms with Gasteiger partial charge in [-0.05, 0) is 49.8 Å². The Balaban J connectivity index is 1.43. The minimum atomic E-state index is -0.180. The van der Waals surface area contributed by atoms with E-state index in [4.69, 9.17) is 9.73 Å². The number of aliphatic imine (C=N–C) groups is 1. The largest absolute Gasteiger partial charge is 0.379 e. The highest BCUT2D eigenvalue weighted by Gasteiger charge is 2.30. The molecule has 0 radical (unpaired) electrons. The van der Waals surface area contributed by atoms with Gasteiger partial charge in [0, 0.05) is 50.2 Å². The Morgan fingerprint density at radius 3 is 2.78 bits per heavy atom. The molecule has 1 aromatic carbocycles. The summed E-state index contributed by atoms with van der Waals surface area (Å²) in [6, 6.07) is 7.32. The van der Waals surface area contributed by atoms with Crippen LogP contribution in [0.2, 0.25) is 0 Å². The quantitative estimate of drug-likeness (QED) is 0.333. The van der Waals surface area contributed by atoms with E-state index in [-0.39, 0.29) is 5.82 Å². The number of morpholine rings is 1. The molecule has 1 N–H and O–H groups in total. The SMILES string of the molecule is CCNC(=NCCCSc1ccc(F)cc1)N1CCC(N2CCOCC2)C1. The summed E-state index contributed by atoms with van der Waals surface area (Å²) >= 11 is 1.76. The summed E-state index contributed by atoms with van der Waals surface area (Å²) in [5, 5.41) is 3.45. The van der Waals surface area contributed by atoms with E-state index < -0.39 is 0 Å². The average molecular weight is 395 g/mol. The number of benzene rings is 1. The molecule has 2 fully saturated rings. The molecule has 0 bridgehead atoms. The summed E-state index contributed by atoms with van der Waals surface area (Å²) in [4.78, 5) is 10.9. The molecule has 3 rings (SSSR count). The number of ether oxygens (including phenoxy) is 1. The van der Waals surface area contributed by atoms with Crippen LogP contribution in [-0.4, -0.2) is 80.0 Å². The molecule has 5 nitrogen and oxygen atoms in total. The number of likely N-dealkylation sites (tertiary alicyclic amines) is 1. The third-order valence-corrected chi connectivity index (χ3v) is 6.10. The fraction of sp³-hybridized carbons (Fsp3) is 0.650. The van der Waals surface area contributed by atoms with E-state index >= 15 is 0 Å². The first kappa shape index (κ1) is 20.4. The van der Waals surface area contributed by atoms with Gasteiger partial charge in [-0.1, -0.05) is 0 Å². The lowest BCUT2D eigenvalue weighted by molar-refractivity contribution is 0.0195. The molecule has 150 valence electrons. The summed E-state index contributed by atoms with van der Waals surface area (Å²) in [6.45, 7) is 9.76. The van der Waals surface area contributed by atoms with Crippen molar-refractivity contribution in [2.45, 2.75) is 30.7 Å². The molecule has 2 aliphatic heterocycles. The van der Waals surface area contributed by atoms with Gasteiger partial charge >= 0.3 is 0 Å². The maximum atomic E-state index is 12.9. The highest BCUT2D eigenvalue weighted by atomic mass is 32.2. The third kappa shape index (κ3) is 6.36. The lowest BCUT2D eigenvalue weighted by Crippen LogP contribution is -2.46. The molecule has 0 amide bonds. The van der Waals surface area contributed by atoms with E-state index in [0.29, 0.717) is 6.04 Å². The Labute approximate surface area is 166 Å². The van der Waals surface area contributed by atoms with Gasteiger partial charge in [-0.25, -0.2) is 4.39 Å². The molecular formula is C20H31FN4OS. The highest BCUT2D eigenvalue weighted by Crippen LogP contribution is 2.19. The van der Waals surface area contributed by atoms with Crippen LogP contribution in [0.25, 0.3) is 0 Å². The minimum absolute atomic E-state index is 0.180. The topological polar surface area (TPSA) is 40.1 Å². The maximum absolute atomic E-state index is 12.9. The molecule has 7 heteroatoms. The Morgan fingerprint density at radius 1 is 1.26 bits per heavy atom. The van der Waals surface area contributed by atoms with Crippen molar-refractivity contribution in [2.24, 2.45) is 4.99 Å². The first-order chi connectivity index (χ1) is 13.3. The van der Waals surface area contributed by atoms with Gasteiger partial charge in [0.1, 0.15) is 5.82 Å². The lowest BCUT2D eigenvalue weighted by Gasteiger charge is -2.32. The van der Waals surface area contributed by atoms with Crippen LogP contribution in [0.5, 0.6) is 0 Å². The molecule has 2 saturated heterocycles. The van der Waals surface area contributed by atoms with Crippen LogP contribution in [0.3, 0.4) is 0 Å². The number of nitrogens with one attached hydrogen (secondary N) is 1. The fourth-order valence-corrected chi connectivity index (χ4v) is 4.41. The van der Waals surface area contributed by atoms with Gasteiger partial charge in [0.2, 0.25) is 0 Å². The molecule has 2 heterocycles. The van der Waals surface area contributed by atoms with E-state index in [9.17, 15) is 4.39 Å². The zero-order chi connectivity index (χ0) is 18.9. The number of nitrogens with zero attached hydrogens (tertiary/aromatic N) is 3. The molecule has 0 saturated carbocycles. The summed E-state index contributed by atoms with van der Waals surface area (Å²) < 4.78 is 18.4. The van der Waals surface area contributed by atoms with Crippen molar-refractivity contribution < 1.29 is 9.13 Å². The smallest absolute Gasteiger partial charge is 0.193 e. The van der Waals surface area contributed by atoms with E-state index in [2.05, 4.69) is 22.0 Å². The summed E-state index contributed by atoms with van der Waals surface area (Å²) in [7, 11) is 0. The van der Waals surface area contributed by atoms with Crippen molar-refractivity contribution in [3.63, 3.8) is 0 Å². The second kappa shape index (κ2) is 10.9. The van der Waals surface area contributed by atoms with Crippen molar-refractivity contribution in [3.8, 4) is 0 Å². The standard InChI is InChI=1S/C20H31FN4OS/c1-2-22-20(23-9-3-15-27-19-6-4-17(21)5-7-19)25-10-8-18(16-25)24-11-13-26-14-12-24/h4-7,18H,2-3,8-16H2,1H3,(H,22,23). The van der Waals surface area contributed by atoms with Gasteiger partial charge in [-0.15, -0.1) is 11.8 Å². The van der Waals surface area contributed by atoms with Crippen LogP contribution >= 0.6 is 11.8 Å². The first-order valence-corrected chi connectivity index (χ1v) is 11.0. The maximum Gasteiger partial charge on any atom is 0.193 e. The molecule has 27 heavy (non-hydrogen) atoms. The molecule has 1 atom stereocenters. The number of rotatable bonds is 7. The molecule has 0 aromatic heterocycles. The van der Waals surface area contributed by atoms with Gasteiger partial charge < -0.3 is 15.0 Å². The second-order valence-corrected chi connectivity index (χ2v) is 8.10. The van der Waals surface area contributed by atoms with Crippen LogP contribution in [0.4, 0.5) is 4.39 Å². The van der Waals surface area contributed by atoms with Gasteiger partial charge in [0.05, 0.1) is 13.2 Å². The van der Waals surface area contributed by atoms with Gasteiger partial charge in [0.25, 0.3) is 0 Å². The van der Waals surface area contributed by atoms with E-state index in [1.165, 1.54) is 18.6 Å². The number of hydrogen-bond acceptors (Lipinski definition) is 4. The van der Waals surface area contributed by atoms with Crippen LogP contribution < -0.4 is 5.32 Å². The van der Waals surface area contributed by atoms with Gasteiger partial charge in [-0.2, -0.15) is 0 Å². The zero-order valence-corrected chi connectivity index (χ0v) is 17.0. The Bertz CT molecular complexity index is 592. The highest BCUT2D eigenvalue weighted by molar-refractivity contribution is 7.99. The fourth-order valence-electron chi connectivity index (χ4n) is 3.57. The first-order valence-electron chi connectivity index (χ1n) is 9.99. The summed E-state index contributed by atoms with van der Waals surface area (Å²) in [6.07, 6.45) is 2.21. The normalized spacial score (nSPS) is 21.6. The second-order valence-electron chi connectivity index (χ2n) is 6.93. The van der Waals surface area contributed by atoms with Crippen LogP contribution in [0, 0.1) is 5.82 Å². The summed E-state index contributed by atoms with van der Waals surface area (Å²) in [5.74, 6) is 1.85. The lowest BCUT2D eigenvalue weighted by atomic mass is 10.2.